The number of benzene rings is 3. The molecule has 0 aromatic heterocycles. The van der Waals surface area contributed by atoms with Crippen LogP contribution < -0.4 is 11.1 Å². The van der Waals surface area contributed by atoms with Crippen LogP contribution in [0.15, 0.2) is 82.2 Å². The monoisotopic (exact) mass is 495 g/mol. The van der Waals surface area contributed by atoms with Gasteiger partial charge in [0.1, 0.15) is 11.3 Å². The highest BCUT2D eigenvalue weighted by Crippen LogP contribution is 2.41. The first-order valence-electron chi connectivity index (χ1n) is 11.5. The second-order valence-corrected chi connectivity index (χ2v) is 8.53. The van der Waals surface area contributed by atoms with E-state index in [1.165, 1.54) is 12.2 Å². The quantitative estimate of drug-likeness (QED) is 0.236. The SMILES string of the molecule is Nc1ccc2c(-c3ccccc3C(=O)O)c3ccc(=NC(=O)CCCN4C(=O)C=CC4=O)cc-3oc2c1. The first-order chi connectivity index (χ1) is 17.8. The number of anilines is 1. The van der Waals surface area contributed by atoms with Crippen LogP contribution in [0.3, 0.4) is 0 Å². The molecule has 0 atom stereocenters. The molecule has 9 heteroatoms. The van der Waals surface area contributed by atoms with Gasteiger partial charge in [-0.1, -0.05) is 18.2 Å². The zero-order chi connectivity index (χ0) is 26.1. The van der Waals surface area contributed by atoms with Crippen LogP contribution in [0, 0.1) is 0 Å². The first kappa shape index (κ1) is 23.7. The summed E-state index contributed by atoms with van der Waals surface area (Å²) in [5, 5.41) is 10.8. The Kier molecular flexibility index (Phi) is 6.10. The number of aromatic carboxylic acids is 1. The number of carboxylic acid groups (broad SMARTS) is 1. The molecule has 2 heterocycles. The maximum absolute atomic E-state index is 12.5. The molecule has 0 unspecified atom stereocenters. The highest BCUT2D eigenvalue weighted by atomic mass is 16.4. The minimum Gasteiger partial charge on any atom is -0.478 e. The fraction of sp³-hybridized carbons (Fsp3) is 0.107. The molecule has 0 saturated carbocycles. The number of carboxylic acids is 1. The summed E-state index contributed by atoms with van der Waals surface area (Å²) in [6, 6.07) is 16.9. The number of carbonyl (C=O) groups is 4. The lowest BCUT2D eigenvalue weighted by atomic mass is 9.91. The smallest absolute Gasteiger partial charge is 0.336 e. The van der Waals surface area contributed by atoms with Gasteiger partial charge in [0, 0.05) is 59.5 Å². The maximum atomic E-state index is 12.5. The topological polar surface area (TPSA) is 143 Å². The molecule has 2 aromatic rings. The van der Waals surface area contributed by atoms with Gasteiger partial charge < -0.3 is 15.3 Å². The molecule has 184 valence electrons. The van der Waals surface area contributed by atoms with Crippen molar-refractivity contribution in [1.29, 1.82) is 0 Å². The van der Waals surface area contributed by atoms with Gasteiger partial charge in [-0.25, -0.2) is 9.79 Å². The van der Waals surface area contributed by atoms with Gasteiger partial charge in [-0.15, -0.1) is 0 Å². The molecule has 1 aliphatic carbocycles. The second-order valence-electron chi connectivity index (χ2n) is 8.53. The molecule has 0 spiro atoms. The Hall–Kier alpha value is -5.05. The Morgan fingerprint density at radius 3 is 2.46 bits per heavy atom. The normalized spacial score (nSPS) is 13.7. The lowest BCUT2D eigenvalue weighted by Crippen LogP contribution is -2.31. The van der Waals surface area contributed by atoms with Crippen molar-refractivity contribution in [2.24, 2.45) is 4.99 Å². The fourth-order valence-corrected chi connectivity index (χ4v) is 4.38. The molecule has 0 bridgehead atoms. The van der Waals surface area contributed by atoms with E-state index in [0.29, 0.717) is 50.9 Å². The van der Waals surface area contributed by atoms with Crippen LogP contribution in [-0.4, -0.2) is 40.2 Å². The van der Waals surface area contributed by atoms with Crippen LogP contribution in [0.2, 0.25) is 0 Å². The van der Waals surface area contributed by atoms with Gasteiger partial charge in [0.25, 0.3) is 11.8 Å². The van der Waals surface area contributed by atoms with Crippen molar-refractivity contribution in [1.82, 2.24) is 4.90 Å². The minimum absolute atomic E-state index is 0.0533. The number of imide groups is 1. The summed E-state index contributed by atoms with van der Waals surface area (Å²) in [6.45, 7) is 0.138. The third-order valence-corrected chi connectivity index (χ3v) is 6.08. The zero-order valence-corrected chi connectivity index (χ0v) is 19.5. The number of rotatable bonds is 6. The molecule has 3 aliphatic rings. The number of nitrogens with zero attached hydrogens (tertiary/aromatic N) is 2. The molecule has 2 aromatic carbocycles. The van der Waals surface area contributed by atoms with Crippen LogP contribution in [0.5, 0.6) is 0 Å². The van der Waals surface area contributed by atoms with Crippen LogP contribution in [0.4, 0.5) is 5.69 Å². The van der Waals surface area contributed by atoms with E-state index in [4.69, 9.17) is 10.2 Å². The van der Waals surface area contributed by atoms with E-state index >= 15 is 0 Å². The van der Waals surface area contributed by atoms with Gasteiger partial charge in [-0.05, 0) is 42.3 Å². The molecule has 0 fully saturated rings. The Labute approximate surface area is 210 Å². The Morgan fingerprint density at radius 1 is 0.946 bits per heavy atom. The Bertz CT molecular complexity index is 1650. The van der Waals surface area contributed by atoms with Crippen molar-refractivity contribution in [3.8, 4) is 22.5 Å². The van der Waals surface area contributed by atoms with Gasteiger partial charge in [-0.3, -0.25) is 19.3 Å². The van der Waals surface area contributed by atoms with Gasteiger partial charge in [0.2, 0.25) is 5.91 Å². The summed E-state index contributed by atoms with van der Waals surface area (Å²) < 4.78 is 6.10. The number of nitrogens with two attached hydrogens (primary N) is 1. The van der Waals surface area contributed by atoms with Crippen LogP contribution in [0.1, 0.15) is 23.2 Å². The average molecular weight is 495 g/mol. The highest BCUT2D eigenvalue weighted by molar-refractivity contribution is 6.13. The van der Waals surface area contributed by atoms with E-state index in [1.807, 2.05) is 0 Å². The largest absolute Gasteiger partial charge is 0.478 e. The van der Waals surface area contributed by atoms with Gasteiger partial charge >= 0.3 is 5.97 Å². The second kappa shape index (κ2) is 9.54. The van der Waals surface area contributed by atoms with E-state index < -0.39 is 23.7 Å². The molecule has 3 amide bonds. The maximum Gasteiger partial charge on any atom is 0.336 e. The van der Waals surface area contributed by atoms with Crippen LogP contribution >= 0.6 is 0 Å². The van der Waals surface area contributed by atoms with Gasteiger partial charge in [0.05, 0.1) is 10.9 Å². The number of fused-ring (bicyclic) bond motifs is 2. The summed E-state index contributed by atoms with van der Waals surface area (Å²) in [5.74, 6) is -1.84. The van der Waals surface area contributed by atoms with Crippen LogP contribution in [-0.2, 0) is 14.4 Å². The first-order valence-corrected chi connectivity index (χ1v) is 11.5. The van der Waals surface area contributed by atoms with E-state index in [1.54, 1.807) is 60.7 Å². The third-order valence-electron chi connectivity index (χ3n) is 6.08. The molecule has 5 rings (SSSR count). The molecule has 0 saturated heterocycles. The molecule has 2 aliphatic heterocycles. The van der Waals surface area contributed by atoms with Crippen molar-refractivity contribution in [3.63, 3.8) is 0 Å². The standard InChI is InChI=1S/C28H21N3O6/c29-16-7-9-20-22(14-16)37-23-15-17(30-24(32)6-3-13-31-25(33)11-12-26(31)34)8-10-21(23)27(20)18-4-1-2-5-19(18)28(35)36/h1-2,4-5,7-12,14-15H,3,6,13,29H2,(H,35,36). The summed E-state index contributed by atoms with van der Waals surface area (Å²) in [6.07, 6.45) is 2.75. The molecule has 0 radical (unpaired) electrons. The predicted molar refractivity (Wildman–Crippen MR) is 135 cm³/mol. The number of hydrogen-bond donors (Lipinski definition) is 2. The van der Waals surface area contributed by atoms with Crippen molar-refractivity contribution >= 4 is 40.3 Å². The van der Waals surface area contributed by atoms with E-state index in [0.717, 1.165) is 4.90 Å². The van der Waals surface area contributed by atoms with E-state index in [9.17, 15) is 24.3 Å². The van der Waals surface area contributed by atoms with Crippen molar-refractivity contribution in [2.45, 2.75) is 12.8 Å². The summed E-state index contributed by atoms with van der Waals surface area (Å²) in [5.41, 5.74) is 8.89. The third kappa shape index (κ3) is 4.62. The predicted octanol–water partition coefficient (Wildman–Crippen LogP) is 3.62. The summed E-state index contributed by atoms with van der Waals surface area (Å²) in [7, 11) is 0. The van der Waals surface area contributed by atoms with E-state index in [-0.39, 0.29) is 18.5 Å². The van der Waals surface area contributed by atoms with Crippen molar-refractivity contribution in [3.05, 3.63) is 83.7 Å². The molecular weight excluding hydrogens is 474 g/mol. The van der Waals surface area contributed by atoms with Gasteiger partial charge in [0.15, 0.2) is 0 Å². The number of hydrogen-bond acceptors (Lipinski definition) is 6. The minimum atomic E-state index is -1.06. The van der Waals surface area contributed by atoms with Crippen molar-refractivity contribution in [2.75, 3.05) is 12.3 Å². The number of amides is 3. The molecular formula is C28H21N3O6. The lowest BCUT2D eigenvalue weighted by molar-refractivity contribution is -0.137. The number of nitrogen functional groups attached to an aromatic ring is 1. The van der Waals surface area contributed by atoms with E-state index in [2.05, 4.69) is 4.99 Å². The van der Waals surface area contributed by atoms with Crippen LogP contribution in [0.25, 0.3) is 33.4 Å². The summed E-state index contributed by atoms with van der Waals surface area (Å²) >= 11 is 0. The molecule has 9 nitrogen and oxygen atoms in total. The fourth-order valence-electron chi connectivity index (χ4n) is 4.38. The highest BCUT2D eigenvalue weighted by Gasteiger charge is 2.23. The summed E-state index contributed by atoms with van der Waals surface area (Å²) in [4.78, 5) is 52.9. The molecule has 3 N–H and O–H groups in total. The zero-order valence-electron chi connectivity index (χ0n) is 19.5. The number of carbonyl (C=O) groups excluding carboxylic acids is 3. The van der Waals surface area contributed by atoms with Gasteiger partial charge in [-0.2, -0.15) is 0 Å². The molecule has 37 heavy (non-hydrogen) atoms. The average Bonchev–Trinajstić information content (AvgIpc) is 3.19. The Morgan fingerprint density at radius 2 is 1.70 bits per heavy atom. The Balaban J connectivity index is 1.53. The van der Waals surface area contributed by atoms with Crippen molar-refractivity contribution < 1.29 is 28.7 Å². The lowest BCUT2D eigenvalue weighted by Gasteiger charge is -2.17.